The third-order valence-electron chi connectivity index (χ3n) is 5.90. The lowest BCUT2D eigenvalue weighted by molar-refractivity contribution is -0.837. The van der Waals surface area contributed by atoms with Crippen LogP contribution >= 0.6 is 0 Å². The zero-order chi connectivity index (χ0) is 23.9. The summed E-state index contributed by atoms with van der Waals surface area (Å²) in [5.41, 5.74) is 0. The van der Waals surface area contributed by atoms with Crippen LogP contribution < -0.4 is 0 Å². The second-order valence-electron chi connectivity index (χ2n) is 8.80. The fourth-order valence-corrected chi connectivity index (χ4v) is 4.86. The number of amidine groups is 1. The van der Waals surface area contributed by atoms with Crippen molar-refractivity contribution in [2.24, 2.45) is 4.99 Å². The molecule has 2 atom stereocenters. The fraction of sp³-hybridized carbons (Fsp3) is 0.826. The number of quaternary nitrogens is 1. The third kappa shape index (κ3) is 11.7. The summed E-state index contributed by atoms with van der Waals surface area (Å²) in [6.45, 7) is 2.93. The van der Waals surface area contributed by atoms with Crippen molar-refractivity contribution in [2.45, 2.75) is 83.7 Å². The van der Waals surface area contributed by atoms with E-state index >= 15 is 0 Å². The second-order valence-corrected chi connectivity index (χ2v) is 10.3. The van der Waals surface area contributed by atoms with Gasteiger partial charge in [0.2, 0.25) is 5.78 Å². The number of aliphatic hydroxyl groups is 2. The van der Waals surface area contributed by atoms with Gasteiger partial charge in [-0.2, -0.15) is 8.42 Å². The van der Waals surface area contributed by atoms with E-state index in [9.17, 15) is 23.4 Å². The molecule has 0 aromatic rings. The minimum absolute atomic E-state index is 0.0327. The molecule has 32 heavy (non-hydrogen) atoms. The predicted octanol–water partition coefficient (Wildman–Crippen LogP) is 2.89. The molecule has 1 aliphatic heterocycles. The Hall–Kier alpha value is -1.13. The van der Waals surface area contributed by atoms with E-state index < -0.39 is 22.0 Å². The average molecular weight is 476 g/mol. The highest BCUT2D eigenvalue weighted by Gasteiger charge is 2.43. The lowest BCUT2D eigenvalue weighted by atomic mass is 10.1. The van der Waals surface area contributed by atoms with Crippen LogP contribution in [-0.2, 0) is 14.9 Å². The van der Waals surface area contributed by atoms with Gasteiger partial charge in [-0.1, -0.05) is 51.2 Å². The molecule has 0 aromatic carbocycles. The van der Waals surface area contributed by atoms with Crippen LogP contribution in [-0.4, -0.2) is 83.9 Å². The zero-order valence-corrected chi connectivity index (χ0v) is 20.4. The van der Waals surface area contributed by atoms with Gasteiger partial charge in [-0.25, -0.2) is 4.99 Å². The van der Waals surface area contributed by atoms with E-state index in [-0.39, 0.29) is 30.0 Å². The van der Waals surface area contributed by atoms with Crippen LogP contribution in [0.1, 0.15) is 77.6 Å². The van der Waals surface area contributed by atoms with Crippen molar-refractivity contribution in [1.82, 2.24) is 0 Å². The van der Waals surface area contributed by atoms with Gasteiger partial charge in [0.05, 0.1) is 13.2 Å². The number of rotatable bonds is 19. The quantitative estimate of drug-likeness (QED) is 0.114. The number of allylic oxidation sites excluding steroid dienone is 2. The van der Waals surface area contributed by atoms with Crippen LogP contribution in [0.2, 0.25) is 0 Å². The van der Waals surface area contributed by atoms with Crippen LogP contribution in [0.15, 0.2) is 17.1 Å². The maximum Gasteiger partial charge on any atom is 0.267 e. The van der Waals surface area contributed by atoms with Crippen LogP contribution in [0.4, 0.5) is 0 Å². The second kappa shape index (κ2) is 15.7. The molecule has 0 bridgehead atoms. The van der Waals surface area contributed by atoms with Crippen molar-refractivity contribution in [3.63, 3.8) is 0 Å². The van der Waals surface area contributed by atoms with Crippen LogP contribution in [0.5, 0.6) is 0 Å². The van der Waals surface area contributed by atoms with Gasteiger partial charge < -0.3 is 10.2 Å². The molecule has 0 aliphatic carbocycles. The Balaban J connectivity index is 2.38. The van der Waals surface area contributed by atoms with E-state index in [4.69, 9.17) is 4.55 Å². The molecule has 1 aliphatic rings. The molecule has 9 heteroatoms. The van der Waals surface area contributed by atoms with E-state index in [0.717, 1.165) is 38.5 Å². The average Bonchev–Trinajstić information content (AvgIpc) is 3.10. The van der Waals surface area contributed by atoms with E-state index in [1.54, 1.807) is 0 Å². The largest absolute Gasteiger partial charge is 0.390 e. The molecule has 0 radical (unpaired) electrons. The lowest BCUT2D eigenvalue weighted by Crippen LogP contribution is -2.59. The highest BCUT2D eigenvalue weighted by molar-refractivity contribution is 7.85. The van der Waals surface area contributed by atoms with Crippen molar-refractivity contribution < 1.29 is 32.5 Å². The van der Waals surface area contributed by atoms with Gasteiger partial charge in [0.15, 0.2) is 0 Å². The van der Waals surface area contributed by atoms with Crippen molar-refractivity contribution in [1.29, 1.82) is 0 Å². The molecule has 3 N–H and O–H groups in total. The molecule has 0 amide bonds. The van der Waals surface area contributed by atoms with Gasteiger partial charge in [0.1, 0.15) is 31.5 Å². The van der Waals surface area contributed by atoms with E-state index in [0.29, 0.717) is 25.3 Å². The number of ketones is 1. The summed E-state index contributed by atoms with van der Waals surface area (Å²) in [7, 11) is -4.33. The Bertz CT molecular complexity index is 707. The number of nitrogens with zero attached hydrogens (tertiary/aromatic N) is 2. The van der Waals surface area contributed by atoms with Gasteiger partial charge in [0.25, 0.3) is 16.0 Å². The van der Waals surface area contributed by atoms with Gasteiger partial charge in [-0.3, -0.25) is 13.8 Å². The Morgan fingerprint density at radius 1 is 1.09 bits per heavy atom. The molecule has 1 rings (SSSR count). The summed E-state index contributed by atoms with van der Waals surface area (Å²) in [5.74, 6) is -0.603. The smallest absolute Gasteiger partial charge is 0.267 e. The van der Waals surface area contributed by atoms with Crippen LogP contribution in [0, 0.1) is 0 Å². The molecule has 186 valence electrons. The third-order valence-corrected chi connectivity index (χ3v) is 6.70. The first kappa shape index (κ1) is 28.9. The Labute approximate surface area is 193 Å². The lowest BCUT2D eigenvalue weighted by Gasteiger charge is -2.34. The van der Waals surface area contributed by atoms with Gasteiger partial charge in [0, 0.05) is 6.42 Å². The van der Waals surface area contributed by atoms with Crippen molar-refractivity contribution in [3.8, 4) is 0 Å². The monoisotopic (exact) mass is 475 g/mol. The summed E-state index contributed by atoms with van der Waals surface area (Å²) in [6.07, 6.45) is 14.8. The number of aliphatic imine (C=N–C) groups is 1. The molecule has 1 heterocycles. The summed E-state index contributed by atoms with van der Waals surface area (Å²) in [6, 6.07) is 0. The molecular weight excluding hydrogens is 432 g/mol. The first-order valence-corrected chi connectivity index (χ1v) is 13.7. The van der Waals surface area contributed by atoms with Gasteiger partial charge in [-0.15, -0.1) is 0 Å². The minimum atomic E-state index is -4.33. The van der Waals surface area contributed by atoms with Crippen molar-refractivity contribution >= 4 is 21.7 Å². The normalized spacial score (nSPS) is 20.1. The van der Waals surface area contributed by atoms with Gasteiger partial charge >= 0.3 is 0 Å². The van der Waals surface area contributed by atoms with Crippen LogP contribution in [0.3, 0.4) is 0 Å². The summed E-state index contributed by atoms with van der Waals surface area (Å²) in [5, 5.41) is 19.6. The van der Waals surface area contributed by atoms with Gasteiger partial charge in [-0.05, 0) is 32.1 Å². The molecule has 0 saturated heterocycles. The highest BCUT2D eigenvalue weighted by atomic mass is 32.2. The zero-order valence-electron chi connectivity index (χ0n) is 19.6. The number of carbonyl (C=O) groups is 1. The maximum absolute atomic E-state index is 12.8. The number of hydrogen-bond donors (Lipinski definition) is 3. The first-order valence-electron chi connectivity index (χ1n) is 12.1. The Morgan fingerprint density at radius 3 is 2.31 bits per heavy atom. The molecule has 0 spiro atoms. The topological polar surface area (TPSA) is 124 Å². The summed E-state index contributed by atoms with van der Waals surface area (Å²) in [4.78, 5) is 17.1. The van der Waals surface area contributed by atoms with E-state index in [1.165, 1.54) is 25.7 Å². The Kier molecular flexibility index (Phi) is 14.1. The number of unbranched alkanes of at least 4 members (excludes halogenated alkanes) is 8. The molecule has 8 nitrogen and oxygen atoms in total. The molecular formula is C23H43N2O6S+. The molecule has 2 unspecified atom stereocenters. The standard InChI is InChI=1S/C23H42N2O6S/c1-2-3-4-5-6-7-8-9-10-11-12-13-14-22(28)23-24-15-16-25(23,17-18-26)19-21(27)20-32(29,30)31/h7-8,21,26-27H,2-6,9-20H2,1H3/p+1/b8-7+. The molecule has 0 aromatic heterocycles. The summed E-state index contributed by atoms with van der Waals surface area (Å²) >= 11 is 0. The first-order chi connectivity index (χ1) is 15.2. The van der Waals surface area contributed by atoms with E-state index in [1.807, 2.05) is 0 Å². The fourth-order valence-electron chi connectivity index (χ4n) is 4.27. The number of hydrogen-bond acceptors (Lipinski definition) is 6. The molecule has 0 saturated carbocycles. The maximum atomic E-state index is 12.8. The highest BCUT2D eigenvalue weighted by Crippen LogP contribution is 2.20. The predicted molar refractivity (Wildman–Crippen MR) is 127 cm³/mol. The summed E-state index contributed by atoms with van der Waals surface area (Å²) < 4.78 is 31.1. The van der Waals surface area contributed by atoms with Crippen molar-refractivity contribution in [3.05, 3.63) is 12.2 Å². The number of carbonyl (C=O) groups excluding carboxylic acids is 1. The number of aliphatic hydroxyl groups excluding tert-OH is 2. The Morgan fingerprint density at radius 2 is 1.72 bits per heavy atom. The minimum Gasteiger partial charge on any atom is -0.390 e. The number of Topliss-reactive ketones (excluding diaryl/α,β-unsaturated/α-hetero) is 1. The van der Waals surface area contributed by atoms with Crippen molar-refractivity contribution in [2.75, 3.05) is 38.5 Å². The van der Waals surface area contributed by atoms with Crippen LogP contribution in [0.25, 0.3) is 0 Å². The van der Waals surface area contributed by atoms with E-state index in [2.05, 4.69) is 24.1 Å². The molecule has 0 fully saturated rings. The SMILES string of the molecule is CCCCCC/C=C/CCCCCCC(=O)C1=NCC[N+]1(CCO)CC(O)CS(=O)(=O)O.